The van der Waals surface area contributed by atoms with Gasteiger partial charge in [0.1, 0.15) is 0 Å². The summed E-state index contributed by atoms with van der Waals surface area (Å²) in [4.78, 5) is 0. The summed E-state index contributed by atoms with van der Waals surface area (Å²) < 4.78 is 0. The first kappa shape index (κ1) is 14.6. The zero-order valence-corrected chi connectivity index (χ0v) is 13.0. The van der Waals surface area contributed by atoms with Crippen LogP contribution in [0, 0.1) is 5.92 Å². The lowest BCUT2D eigenvalue weighted by Gasteiger charge is -2.49. The van der Waals surface area contributed by atoms with Crippen LogP contribution in [0.5, 0.6) is 0 Å². The predicted molar refractivity (Wildman–Crippen MR) is 83.3 cm³/mol. The van der Waals surface area contributed by atoms with E-state index in [1.54, 1.807) is 0 Å². The van der Waals surface area contributed by atoms with Crippen LogP contribution in [0.4, 0.5) is 0 Å². The molecule has 0 aliphatic heterocycles. The lowest BCUT2D eigenvalue weighted by Crippen LogP contribution is -2.52. The summed E-state index contributed by atoms with van der Waals surface area (Å²) in [5.74, 6) is 0.213. The van der Waals surface area contributed by atoms with E-state index in [-0.39, 0.29) is 23.5 Å². The van der Waals surface area contributed by atoms with Crippen molar-refractivity contribution < 1.29 is 5.11 Å². The van der Waals surface area contributed by atoms with E-state index in [1.165, 1.54) is 0 Å². The van der Waals surface area contributed by atoms with Crippen molar-refractivity contribution in [1.82, 2.24) is 0 Å². The fraction of sp³-hybridized carbons (Fsp3) is 0.625. The van der Waals surface area contributed by atoms with Gasteiger partial charge in [0, 0.05) is 17.4 Å². The van der Waals surface area contributed by atoms with Crippen LogP contribution in [0.15, 0.2) is 18.2 Å². The van der Waals surface area contributed by atoms with Gasteiger partial charge in [-0.25, -0.2) is 0 Å². The highest BCUT2D eigenvalue weighted by Crippen LogP contribution is 2.51. The number of aliphatic hydroxyl groups is 1. The molecule has 2 aliphatic carbocycles. The minimum Gasteiger partial charge on any atom is -0.392 e. The van der Waals surface area contributed by atoms with E-state index in [0.29, 0.717) is 10.0 Å². The van der Waals surface area contributed by atoms with Gasteiger partial charge in [0.05, 0.1) is 16.1 Å². The van der Waals surface area contributed by atoms with Crippen LogP contribution >= 0.6 is 23.2 Å². The topological polar surface area (TPSA) is 46.2 Å². The van der Waals surface area contributed by atoms with Crippen molar-refractivity contribution in [2.45, 2.75) is 56.1 Å². The molecule has 3 atom stereocenters. The van der Waals surface area contributed by atoms with Gasteiger partial charge < -0.3 is 10.8 Å². The maximum atomic E-state index is 10.9. The normalized spacial score (nSPS) is 30.0. The Morgan fingerprint density at radius 3 is 2.40 bits per heavy atom. The third-order valence-electron chi connectivity index (χ3n) is 5.34. The summed E-state index contributed by atoms with van der Waals surface area (Å²) in [6.07, 6.45) is 5.99. The lowest BCUT2D eigenvalue weighted by atomic mass is 9.58. The van der Waals surface area contributed by atoms with E-state index in [4.69, 9.17) is 28.9 Å². The van der Waals surface area contributed by atoms with Crippen molar-refractivity contribution in [1.29, 1.82) is 0 Å². The minimum absolute atomic E-state index is 0.130. The van der Waals surface area contributed by atoms with Crippen LogP contribution in [-0.2, 0) is 5.41 Å². The van der Waals surface area contributed by atoms with Gasteiger partial charge in [-0.1, -0.05) is 42.1 Å². The second kappa shape index (κ2) is 5.49. The Kier molecular flexibility index (Phi) is 4.02. The van der Waals surface area contributed by atoms with E-state index in [0.717, 1.165) is 44.1 Å². The summed E-state index contributed by atoms with van der Waals surface area (Å²) in [5, 5.41) is 12.1. The molecule has 0 spiro atoms. The van der Waals surface area contributed by atoms with Crippen molar-refractivity contribution in [3.8, 4) is 0 Å². The van der Waals surface area contributed by atoms with Crippen LogP contribution in [0.3, 0.4) is 0 Å². The summed E-state index contributed by atoms with van der Waals surface area (Å²) >= 11 is 12.2. The molecule has 3 rings (SSSR count). The molecule has 20 heavy (non-hydrogen) atoms. The van der Waals surface area contributed by atoms with Crippen LogP contribution < -0.4 is 5.73 Å². The van der Waals surface area contributed by atoms with Crippen molar-refractivity contribution >= 4 is 23.2 Å². The highest BCUT2D eigenvalue weighted by atomic mass is 35.5. The highest BCUT2D eigenvalue weighted by molar-refractivity contribution is 6.42. The smallest absolute Gasteiger partial charge is 0.0679 e. The largest absolute Gasteiger partial charge is 0.392 e. The van der Waals surface area contributed by atoms with Gasteiger partial charge in [-0.2, -0.15) is 0 Å². The van der Waals surface area contributed by atoms with Crippen molar-refractivity contribution in [3.05, 3.63) is 33.8 Å². The first-order valence-electron chi connectivity index (χ1n) is 7.44. The standard InChI is InChI=1S/C16H21Cl2NO/c17-12-6-5-10(9-13(12)18)16(7-2-8-16)15(20)11-3-1-4-14(11)19/h5-6,9,11,14-15,20H,1-4,7-8,19H2/t11-,14-,15?/m1/s1. The molecule has 2 fully saturated rings. The molecule has 0 amide bonds. The molecule has 110 valence electrons. The fourth-order valence-electron chi connectivity index (χ4n) is 3.94. The first-order chi connectivity index (χ1) is 9.54. The molecule has 0 bridgehead atoms. The SMILES string of the molecule is N[C@@H]1CCC[C@H]1C(O)C1(c2ccc(Cl)c(Cl)c2)CCC1. The van der Waals surface area contributed by atoms with E-state index >= 15 is 0 Å². The second-order valence-corrected chi connectivity index (χ2v) is 7.16. The summed E-state index contributed by atoms with van der Waals surface area (Å²) in [5.41, 5.74) is 7.13. The highest BCUT2D eigenvalue weighted by Gasteiger charge is 2.49. The average molecular weight is 314 g/mol. The lowest BCUT2D eigenvalue weighted by molar-refractivity contribution is -0.0165. The Hall–Kier alpha value is -0.280. The maximum Gasteiger partial charge on any atom is 0.0679 e. The predicted octanol–water partition coefficient (Wildman–Crippen LogP) is 3.90. The third kappa shape index (κ3) is 2.27. The number of hydrogen-bond donors (Lipinski definition) is 2. The number of halogens is 2. The minimum atomic E-state index is -0.369. The summed E-state index contributed by atoms with van der Waals surface area (Å²) in [6.45, 7) is 0. The molecular formula is C16H21Cl2NO. The molecule has 4 heteroatoms. The Balaban J connectivity index is 1.92. The Labute approximate surface area is 130 Å². The molecule has 0 aromatic heterocycles. The van der Waals surface area contributed by atoms with Crippen molar-refractivity contribution in [2.24, 2.45) is 11.7 Å². The van der Waals surface area contributed by atoms with Crippen molar-refractivity contribution in [3.63, 3.8) is 0 Å². The maximum absolute atomic E-state index is 10.9. The van der Waals surface area contributed by atoms with Gasteiger partial charge in [0.15, 0.2) is 0 Å². The molecule has 1 aromatic rings. The van der Waals surface area contributed by atoms with Gasteiger partial charge >= 0.3 is 0 Å². The number of aliphatic hydroxyl groups excluding tert-OH is 1. The first-order valence-corrected chi connectivity index (χ1v) is 8.19. The molecular weight excluding hydrogens is 293 g/mol. The molecule has 0 heterocycles. The fourth-order valence-corrected chi connectivity index (χ4v) is 4.24. The van der Waals surface area contributed by atoms with Gasteiger partial charge in [-0.3, -0.25) is 0 Å². The number of rotatable bonds is 3. The Morgan fingerprint density at radius 2 is 1.90 bits per heavy atom. The van der Waals surface area contributed by atoms with E-state index in [9.17, 15) is 5.11 Å². The van der Waals surface area contributed by atoms with Crippen LogP contribution in [0.2, 0.25) is 10.0 Å². The van der Waals surface area contributed by atoms with Gasteiger partial charge in [-0.05, 0) is 43.4 Å². The molecule has 2 aliphatic rings. The van der Waals surface area contributed by atoms with Crippen LogP contribution in [0.25, 0.3) is 0 Å². The van der Waals surface area contributed by atoms with Gasteiger partial charge in [-0.15, -0.1) is 0 Å². The second-order valence-electron chi connectivity index (χ2n) is 6.34. The molecule has 0 radical (unpaired) electrons. The zero-order valence-electron chi connectivity index (χ0n) is 11.5. The number of nitrogens with two attached hydrogens (primary N) is 1. The van der Waals surface area contributed by atoms with Crippen LogP contribution in [0.1, 0.15) is 44.1 Å². The number of benzene rings is 1. The van der Waals surface area contributed by atoms with Crippen LogP contribution in [-0.4, -0.2) is 17.3 Å². The van der Waals surface area contributed by atoms with E-state index in [1.807, 2.05) is 18.2 Å². The zero-order chi connectivity index (χ0) is 14.3. The molecule has 2 saturated carbocycles. The molecule has 1 aromatic carbocycles. The van der Waals surface area contributed by atoms with E-state index < -0.39 is 0 Å². The average Bonchev–Trinajstić information content (AvgIpc) is 2.78. The molecule has 0 saturated heterocycles. The van der Waals surface area contributed by atoms with Crippen molar-refractivity contribution in [2.75, 3.05) is 0 Å². The third-order valence-corrected chi connectivity index (χ3v) is 6.08. The monoisotopic (exact) mass is 313 g/mol. The molecule has 1 unspecified atom stereocenters. The summed E-state index contributed by atoms with van der Waals surface area (Å²) in [6, 6.07) is 5.90. The Morgan fingerprint density at radius 1 is 1.15 bits per heavy atom. The summed E-state index contributed by atoms with van der Waals surface area (Å²) in [7, 11) is 0. The van der Waals surface area contributed by atoms with Gasteiger partial charge in [0.25, 0.3) is 0 Å². The number of hydrogen-bond acceptors (Lipinski definition) is 2. The Bertz CT molecular complexity index is 501. The quantitative estimate of drug-likeness (QED) is 0.889. The molecule has 2 nitrogen and oxygen atoms in total. The van der Waals surface area contributed by atoms with E-state index in [2.05, 4.69) is 0 Å². The molecule has 3 N–H and O–H groups in total. The van der Waals surface area contributed by atoms with Gasteiger partial charge in [0.2, 0.25) is 0 Å².